The Morgan fingerprint density at radius 3 is 2.52 bits per heavy atom. The van der Waals surface area contributed by atoms with E-state index >= 15 is 0 Å². The number of hydrogen-bond donors (Lipinski definition) is 0. The monoisotopic (exact) mass is 494 g/mol. The molecule has 1 aliphatic heterocycles. The third kappa shape index (κ3) is 4.32. The first-order valence-electron chi connectivity index (χ1n) is 9.24. The highest BCUT2D eigenvalue weighted by atomic mass is 79.9. The summed E-state index contributed by atoms with van der Waals surface area (Å²) in [6, 6.07) is 12.8. The van der Waals surface area contributed by atoms with Crippen LogP contribution in [0.4, 0.5) is 0 Å². The zero-order chi connectivity index (χ0) is 20.6. The molecule has 6 nitrogen and oxygen atoms in total. The summed E-state index contributed by atoms with van der Waals surface area (Å²) in [6.45, 7) is 4.62. The van der Waals surface area contributed by atoms with Gasteiger partial charge in [-0.25, -0.2) is 18.4 Å². The Kier molecular flexibility index (Phi) is 5.90. The maximum Gasteiger partial charge on any atom is 0.244 e. The number of halogens is 2. The van der Waals surface area contributed by atoms with E-state index in [0.29, 0.717) is 32.7 Å². The van der Waals surface area contributed by atoms with E-state index in [1.807, 2.05) is 31.2 Å². The average Bonchev–Trinajstić information content (AvgIpc) is 2.68. The maximum atomic E-state index is 13.0. The van der Waals surface area contributed by atoms with E-state index in [-0.39, 0.29) is 9.92 Å². The van der Waals surface area contributed by atoms with Gasteiger partial charge in [-0.05, 0) is 31.2 Å². The molecule has 1 fully saturated rings. The number of fused-ring (bicyclic) bond motifs is 1. The summed E-state index contributed by atoms with van der Waals surface area (Å²) in [5, 5.41) is 1.28. The molecule has 2 aromatic carbocycles. The summed E-state index contributed by atoms with van der Waals surface area (Å²) in [4.78, 5) is 11.6. The molecular formula is C20H20BrClN4O2S. The number of piperazine rings is 1. The molecule has 1 saturated heterocycles. The average molecular weight is 496 g/mol. The van der Waals surface area contributed by atoms with Crippen molar-refractivity contribution in [1.29, 1.82) is 0 Å². The van der Waals surface area contributed by atoms with Gasteiger partial charge in [0.25, 0.3) is 0 Å². The van der Waals surface area contributed by atoms with Gasteiger partial charge in [-0.1, -0.05) is 45.7 Å². The van der Waals surface area contributed by atoms with Gasteiger partial charge in [-0.3, -0.25) is 4.90 Å². The number of aromatic nitrogens is 2. The standard InChI is InChI=1S/C20H20BrClN4O2S/c1-14-16-4-2-3-5-18(16)24-20(23-14)13-25-8-10-26(11-9-25)29(27,28)19-7-6-15(21)12-17(19)22/h2-7,12H,8-11,13H2,1H3. The lowest BCUT2D eigenvalue weighted by Gasteiger charge is -2.33. The largest absolute Gasteiger partial charge is 0.293 e. The predicted molar refractivity (Wildman–Crippen MR) is 117 cm³/mol. The van der Waals surface area contributed by atoms with Crippen LogP contribution in [0.15, 0.2) is 51.8 Å². The molecule has 29 heavy (non-hydrogen) atoms. The molecule has 0 saturated carbocycles. The van der Waals surface area contributed by atoms with Crippen molar-refractivity contribution in [1.82, 2.24) is 19.2 Å². The lowest BCUT2D eigenvalue weighted by molar-refractivity contribution is 0.178. The van der Waals surface area contributed by atoms with Gasteiger partial charge in [0.1, 0.15) is 10.7 Å². The summed E-state index contributed by atoms with van der Waals surface area (Å²) in [6.07, 6.45) is 0. The van der Waals surface area contributed by atoms with E-state index < -0.39 is 10.0 Å². The number of hydrogen-bond acceptors (Lipinski definition) is 5. The first-order chi connectivity index (χ1) is 13.8. The van der Waals surface area contributed by atoms with Gasteiger partial charge < -0.3 is 0 Å². The molecule has 1 aliphatic rings. The molecule has 1 aromatic heterocycles. The molecule has 0 spiro atoms. The van der Waals surface area contributed by atoms with E-state index in [1.165, 1.54) is 4.31 Å². The maximum absolute atomic E-state index is 13.0. The Balaban J connectivity index is 1.46. The van der Waals surface area contributed by atoms with E-state index in [1.54, 1.807) is 18.2 Å². The first-order valence-corrected chi connectivity index (χ1v) is 11.9. The molecule has 0 bridgehead atoms. The van der Waals surface area contributed by atoms with Crippen molar-refractivity contribution in [2.75, 3.05) is 26.2 Å². The fourth-order valence-corrected chi connectivity index (χ4v) is 5.95. The minimum Gasteiger partial charge on any atom is -0.293 e. The first kappa shape index (κ1) is 20.7. The quantitative estimate of drug-likeness (QED) is 0.550. The molecule has 9 heteroatoms. The SMILES string of the molecule is Cc1nc(CN2CCN(S(=O)(=O)c3ccc(Br)cc3Cl)CC2)nc2ccccc12. The summed E-state index contributed by atoms with van der Waals surface area (Å²) >= 11 is 9.48. The zero-order valence-electron chi connectivity index (χ0n) is 15.8. The molecule has 0 N–H and O–H groups in total. The van der Waals surface area contributed by atoms with Gasteiger partial charge in [0.15, 0.2) is 0 Å². The highest BCUT2D eigenvalue weighted by Crippen LogP contribution is 2.28. The molecule has 0 atom stereocenters. The number of aryl methyl sites for hydroxylation is 1. The second-order valence-corrected chi connectivity index (χ2v) is 10.2. The van der Waals surface area contributed by atoms with Crippen LogP contribution < -0.4 is 0 Å². The minimum absolute atomic E-state index is 0.143. The molecule has 4 rings (SSSR count). The van der Waals surface area contributed by atoms with E-state index in [4.69, 9.17) is 11.6 Å². The van der Waals surface area contributed by atoms with Crippen LogP contribution in [-0.4, -0.2) is 53.8 Å². The number of sulfonamides is 1. The molecule has 3 aromatic rings. The Labute approximate surface area is 183 Å². The highest BCUT2D eigenvalue weighted by molar-refractivity contribution is 9.10. The number of para-hydroxylation sites is 1. The van der Waals surface area contributed by atoms with Crippen LogP contribution in [0.5, 0.6) is 0 Å². The molecule has 152 valence electrons. The predicted octanol–water partition coefficient (Wildman–Crippen LogP) is 3.86. The lowest BCUT2D eigenvalue weighted by atomic mass is 10.2. The van der Waals surface area contributed by atoms with E-state index in [0.717, 1.165) is 26.9 Å². The molecular weight excluding hydrogens is 476 g/mol. The summed E-state index contributed by atoms with van der Waals surface area (Å²) in [7, 11) is -3.62. The second-order valence-electron chi connectivity index (χ2n) is 7.00. The van der Waals surface area contributed by atoms with E-state index in [2.05, 4.69) is 30.8 Å². The smallest absolute Gasteiger partial charge is 0.244 e. The van der Waals surface area contributed by atoms with Crippen molar-refractivity contribution < 1.29 is 8.42 Å². The van der Waals surface area contributed by atoms with Gasteiger partial charge in [-0.15, -0.1) is 0 Å². The topological polar surface area (TPSA) is 66.4 Å². The fourth-order valence-electron chi connectivity index (χ4n) is 3.52. The van der Waals surface area contributed by atoms with Gasteiger partial charge in [0.2, 0.25) is 10.0 Å². The molecule has 2 heterocycles. The Hall–Kier alpha value is -1.58. The highest BCUT2D eigenvalue weighted by Gasteiger charge is 2.30. The lowest BCUT2D eigenvalue weighted by Crippen LogP contribution is -2.48. The van der Waals surface area contributed by atoms with Crippen molar-refractivity contribution in [3.8, 4) is 0 Å². The van der Waals surface area contributed by atoms with Crippen molar-refractivity contribution in [2.45, 2.75) is 18.4 Å². The van der Waals surface area contributed by atoms with Crippen molar-refractivity contribution >= 4 is 48.5 Å². The van der Waals surface area contributed by atoms with Crippen molar-refractivity contribution in [3.63, 3.8) is 0 Å². The summed E-state index contributed by atoms with van der Waals surface area (Å²) < 4.78 is 28.2. The second kappa shape index (κ2) is 8.28. The van der Waals surface area contributed by atoms with E-state index in [9.17, 15) is 8.42 Å². The van der Waals surface area contributed by atoms with Crippen LogP contribution in [0.1, 0.15) is 11.5 Å². The van der Waals surface area contributed by atoms with Gasteiger partial charge in [-0.2, -0.15) is 4.31 Å². The molecule has 0 aliphatic carbocycles. The van der Waals surface area contributed by atoms with Gasteiger partial charge in [0.05, 0.1) is 17.1 Å². The Morgan fingerprint density at radius 2 is 1.79 bits per heavy atom. The van der Waals surface area contributed by atoms with Gasteiger partial charge >= 0.3 is 0 Å². The normalized spacial score (nSPS) is 16.4. The van der Waals surface area contributed by atoms with Crippen LogP contribution in [0.25, 0.3) is 10.9 Å². The van der Waals surface area contributed by atoms with Crippen LogP contribution >= 0.6 is 27.5 Å². The van der Waals surface area contributed by atoms with Gasteiger partial charge in [0, 0.05) is 41.7 Å². The molecule has 0 amide bonds. The Morgan fingerprint density at radius 1 is 1.07 bits per heavy atom. The van der Waals surface area contributed by atoms with Crippen LogP contribution in [0, 0.1) is 6.92 Å². The molecule has 0 radical (unpaired) electrons. The number of rotatable bonds is 4. The summed E-state index contributed by atoms with van der Waals surface area (Å²) in [5.74, 6) is 0.758. The number of benzene rings is 2. The van der Waals surface area contributed by atoms with Crippen molar-refractivity contribution in [2.24, 2.45) is 0 Å². The van der Waals surface area contributed by atoms with Crippen LogP contribution in [-0.2, 0) is 16.6 Å². The van der Waals surface area contributed by atoms with Crippen LogP contribution in [0.3, 0.4) is 0 Å². The summed E-state index contributed by atoms with van der Waals surface area (Å²) in [5.41, 5.74) is 1.89. The number of nitrogens with zero attached hydrogens (tertiary/aromatic N) is 4. The Bertz CT molecular complexity index is 1160. The van der Waals surface area contributed by atoms with Crippen LogP contribution in [0.2, 0.25) is 5.02 Å². The third-order valence-electron chi connectivity index (χ3n) is 5.05. The third-order valence-corrected chi connectivity index (χ3v) is 7.92. The zero-order valence-corrected chi connectivity index (χ0v) is 19.0. The minimum atomic E-state index is -3.62. The fraction of sp³-hybridized carbons (Fsp3) is 0.300. The molecule has 0 unspecified atom stereocenters. The van der Waals surface area contributed by atoms with Crippen molar-refractivity contribution in [3.05, 3.63) is 63.5 Å².